The SMILES string of the molecule is CCN1CCc2nc(NC(=O)COc3ccc(F)cc3F)sc2C1. The van der Waals surface area contributed by atoms with E-state index in [9.17, 15) is 13.6 Å². The van der Waals surface area contributed by atoms with E-state index in [1.54, 1.807) is 0 Å². The number of likely N-dealkylation sites (N-methyl/N-ethyl adjacent to an activating group) is 1. The van der Waals surface area contributed by atoms with E-state index in [4.69, 9.17) is 4.74 Å². The Morgan fingerprint density at radius 2 is 2.29 bits per heavy atom. The van der Waals surface area contributed by atoms with E-state index in [0.29, 0.717) is 11.2 Å². The first-order valence-electron chi connectivity index (χ1n) is 7.63. The average Bonchev–Trinajstić information content (AvgIpc) is 2.95. The van der Waals surface area contributed by atoms with E-state index in [1.165, 1.54) is 11.3 Å². The number of ether oxygens (including phenoxy) is 1. The number of benzene rings is 1. The highest BCUT2D eigenvalue weighted by molar-refractivity contribution is 7.15. The first-order chi connectivity index (χ1) is 11.5. The van der Waals surface area contributed by atoms with Crippen LogP contribution in [0.5, 0.6) is 5.75 Å². The molecule has 0 fully saturated rings. The Balaban J connectivity index is 1.56. The van der Waals surface area contributed by atoms with Crippen molar-refractivity contribution in [2.45, 2.75) is 19.9 Å². The molecule has 0 saturated heterocycles. The zero-order valence-corrected chi connectivity index (χ0v) is 14.0. The Bertz CT molecular complexity index is 751. The summed E-state index contributed by atoms with van der Waals surface area (Å²) in [5.74, 6) is -2.13. The summed E-state index contributed by atoms with van der Waals surface area (Å²) in [6, 6.07) is 2.94. The maximum Gasteiger partial charge on any atom is 0.264 e. The van der Waals surface area contributed by atoms with Crippen molar-refractivity contribution < 1.29 is 18.3 Å². The number of amides is 1. The highest BCUT2D eigenvalue weighted by Gasteiger charge is 2.20. The molecule has 0 bridgehead atoms. The van der Waals surface area contributed by atoms with Crippen LogP contribution in [0.4, 0.5) is 13.9 Å². The zero-order valence-electron chi connectivity index (χ0n) is 13.1. The van der Waals surface area contributed by atoms with Gasteiger partial charge in [0.2, 0.25) is 0 Å². The Morgan fingerprint density at radius 3 is 3.04 bits per heavy atom. The summed E-state index contributed by atoms with van der Waals surface area (Å²) >= 11 is 1.45. The number of anilines is 1. The number of carbonyl (C=O) groups is 1. The number of halogens is 2. The van der Waals surface area contributed by atoms with Crippen LogP contribution in [-0.2, 0) is 17.8 Å². The Hall–Kier alpha value is -2.06. The number of aromatic nitrogens is 1. The fraction of sp³-hybridized carbons (Fsp3) is 0.375. The number of fused-ring (bicyclic) bond motifs is 1. The van der Waals surface area contributed by atoms with Crippen molar-refractivity contribution in [3.8, 4) is 5.75 Å². The number of nitrogens with one attached hydrogen (secondary N) is 1. The van der Waals surface area contributed by atoms with E-state index >= 15 is 0 Å². The normalized spacial score (nSPS) is 14.3. The molecule has 1 aromatic heterocycles. The summed E-state index contributed by atoms with van der Waals surface area (Å²) in [7, 11) is 0. The van der Waals surface area contributed by atoms with E-state index in [1.807, 2.05) is 0 Å². The van der Waals surface area contributed by atoms with E-state index in [-0.39, 0.29) is 12.4 Å². The Morgan fingerprint density at radius 1 is 1.46 bits per heavy atom. The van der Waals surface area contributed by atoms with Crippen LogP contribution in [-0.4, -0.2) is 35.5 Å². The molecule has 2 aromatic rings. The van der Waals surface area contributed by atoms with Crippen LogP contribution >= 0.6 is 11.3 Å². The fourth-order valence-electron chi connectivity index (χ4n) is 2.46. The third-order valence-electron chi connectivity index (χ3n) is 3.76. The average molecular weight is 353 g/mol. The van der Waals surface area contributed by atoms with Crippen molar-refractivity contribution in [1.82, 2.24) is 9.88 Å². The standard InChI is InChI=1S/C16H17F2N3O2S/c1-2-21-6-5-12-14(8-21)24-16(19-12)20-15(22)9-23-13-4-3-10(17)7-11(13)18/h3-4,7H,2,5-6,8-9H2,1H3,(H,19,20,22). The number of rotatable bonds is 5. The highest BCUT2D eigenvalue weighted by Crippen LogP contribution is 2.28. The van der Waals surface area contributed by atoms with Crippen LogP contribution in [0.2, 0.25) is 0 Å². The molecule has 2 heterocycles. The van der Waals surface area contributed by atoms with Crippen molar-refractivity contribution in [1.29, 1.82) is 0 Å². The molecule has 1 aliphatic rings. The second-order valence-electron chi connectivity index (χ2n) is 5.42. The molecule has 8 heteroatoms. The van der Waals surface area contributed by atoms with Gasteiger partial charge in [0.15, 0.2) is 23.3 Å². The van der Waals surface area contributed by atoms with Crippen molar-refractivity contribution in [3.63, 3.8) is 0 Å². The number of thiazole rings is 1. The number of nitrogens with zero attached hydrogens (tertiary/aromatic N) is 2. The molecule has 1 amide bonds. The Labute approximate surface area is 142 Å². The summed E-state index contributed by atoms with van der Waals surface area (Å²) in [4.78, 5) is 19.8. The second-order valence-corrected chi connectivity index (χ2v) is 6.50. The number of hydrogen-bond acceptors (Lipinski definition) is 5. The monoisotopic (exact) mass is 353 g/mol. The first-order valence-corrected chi connectivity index (χ1v) is 8.45. The van der Waals surface area contributed by atoms with Gasteiger partial charge < -0.3 is 4.74 Å². The van der Waals surface area contributed by atoms with Gasteiger partial charge in [0.05, 0.1) is 5.69 Å². The lowest BCUT2D eigenvalue weighted by Crippen LogP contribution is -2.29. The minimum atomic E-state index is -0.841. The molecule has 0 saturated carbocycles. The molecule has 0 radical (unpaired) electrons. The molecule has 5 nitrogen and oxygen atoms in total. The lowest BCUT2D eigenvalue weighted by Gasteiger charge is -2.23. The second kappa shape index (κ2) is 7.23. The summed E-state index contributed by atoms with van der Waals surface area (Å²) in [5, 5.41) is 3.18. The minimum Gasteiger partial charge on any atom is -0.481 e. The topological polar surface area (TPSA) is 54.5 Å². The fourth-order valence-corrected chi connectivity index (χ4v) is 3.53. The third kappa shape index (κ3) is 3.88. The predicted octanol–water partition coefficient (Wildman–Crippen LogP) is 2.82. The van der Waals surface area contributed by atoms with Gasteiger partial charge in [-0.25, -0.2) is 13.8 Å². The van der Waals surface area contributed by atoms with Crippen LogP contribution < -0.4 is 10.1 Å². The summed E-state index contributed by atoms with van der Waals surface area (Å²) < 4.78 is 31.3. The first kappa shape index (κ1) is 16.8. The maximum atomic E-state index is 13.4. The molecule has 24 heavy (non-hydrogen) atoms. The van der Waals surface area contributed by atoms with Crippen molar-refractivity contribution >= 4 is 22.4 Å². The van der Waals surface area contributed by atoms with Gasteiger partial charge in [-0.3, -0.25) is 15.0 Å². The van der Waals surface area contributed by atoms with Crippen molar-refractivity contribution in [2.24, 2.45) is 0 Å². The van der Waals surface area contributed by atoms with Gasteiger partial charge in [-0.2, -0.15) is 0 Å². The molecule has 3 rings (SSSR count). The van der Waals surface area contributed by atoms with Crippen LogP contribution in [0.15, 0.2) is 18.2 Å². The maximum absolute atomic E-state index is 13.4. The summed E-state index contributed by atoms with van der Waals surface area (Å²) in [5.41, 5.74) is 1.02. The Kier molecular flexibility index (Phi) is 5.06. The van der Waals surface area contributed by atoms with Gasteiger partial charge >= 0.3 is 0 Å². The summed E-state index contributed by atoms with van der Waals surface area (Å²) in [6.45, 7) is 4.54. The number of hydrogen-bond donors (Lipinski definition) is 1. The van der Waals surface area contributed by atoms with Crippen LogP contribution in [0.3, 0.4) is 0 Å². The molecule has 0 aliphatic carbocycles. The lowest BCUT2D eigenvalue weighted by molar-refractivity contribution is -0.118. The summed E-state index contributed by atoms with van der Waals surface area (Å²) in [6.07, 6.45) is 0.868. The molecule has 0 unspecified atom stereocenters. The van der Waals surface area contributed by atoms with Gasteiger partial charge in [-0.15, -0.1) is 11.3 Å². The molecular weight excluding hydrogens is 336 g/mol. The quantitative estimate of drug-likeness (QED) is 0.898. The van der Waals surface area contributed by atoms with Crippen molar-refractivity contribution in [2.75, 3.05) is 25.0 Å². The highest BCUT2D eigenvalue weighted by atomic mass is 32.1. The number of carbonyl (C=O) groups excluding carboxylic acids is 1. The minimum absolute atomic E-state index is 0.163. The van der Waals surface area contributed by atoms with Crippen LogP contribution in [0.1, 0.15) is 17.5 Å². The van der Waals surface area contributed by atoms with Gasteiger partial charge in [0, 0.05) is 30.5 Å². The zero-order chi connectivity index (χ0) is 17.1. The predicted molar refractivity (Wildman–Crippen MR) is 87.3 cm³/mol. The molecule has 1 aromatic carbocycles. The third-order valence-corrected chi connectivity index (χ3v) is 4.75. The molecular formula is C16H17F2N3O2S. The van der Waals surface area contributed by atoms with E-state index in [0.717, 1.165) is 48.8 Å². The van der Waals surface area contributed by atoms with Crippen LogP contribution in [0, 0.1) is 11.6 Å². The molecule has 1 N–H and O–H groups in total. The largest absolute Gasteiger partial charge is 0.481 e. The molecule has 0 atom stereocenters. The molecule has 1 aliphatic heterocycles. The van der Waals surface area contributed by atoms with Crippen molar-refractivity contribution in [3.05, 3.63) is 40.4 Å². The smallest absolute Gasteiger partial charge is 0.264 e. The van der Waals surface area contributed by atoms with Gasteiger partial charge in [-0.1, -0.05) is 6.92 Å². The lowest BCUT2D eigenvalue weighted by atomic mass is 10.2. The molecule has 128 valence electrons. The van der Waals surface area contributed by atoms with Gasteiger partial charge in [-0.05, 0) is 18.7 Å². The van der Waals surface area contributed by atoms with Gasteiger partial charge in [0.25, 0.3) is 5.91 Å². The van der Waals surface area contributed by atoms with E-state index < -0.39 is 17.5 Å². The molecule has 0 spiro atoms. The van der Waals surface area contributed by atoms with Crippen LogP contribution in [0.25, 0.3) is 0 Å². The van der Waals surface area contributed by atoms with Gasteiger partial charge in [0.1, 0.15) is 5.82 Å². The van der Waals surface area contributed by atoms with E-state index in [2.05, 4.69) is 22.1 Å².